The van der Waals surface area contributed by atoms with Crippen molar-refractivity contribution in [3.8, 4) is 0 Å². The van der Waals surface area contributed by atoms with Gasteiger partial charge in [-0.05, 0) is 24.6 Å². The largest absolute Gasteiger partial charge is 0.302 e. The molecule has 0 heterocycles. The molecule has 0 bridgehead atoms. The van der Waals surface area contributed by atoms with Crippen molar-refractivity contribution in [1.29, 1.82) is 0 Å². The van der Waals surface area contributed by atoms with Gasteiger partial charge in [0.15, 0.2) is 0 Å². The summed E-state index contributed by atoms with van der Waals surface area (Å²) in [5, 5.41) is 0. The van der Waals surface area contributed by atoms with Gasteiger partial charge in [0.2, 0.25) is 0 Å². The summed E-state index contributed by atoms with van der Waals surface area (Å²) in [6.07, 6.45) is 0. The lowest BCUT2D eigenvalue weighted by Crippen LogP contribution is -2.13. The molecule has 12 heavy (non-hydrogen) atoms. The van der Waals surface area contributed by atoms with E-state index in [-0.39, 0.29) is 5.82 Å². The summed E-state index contributed by atoms with van der Waals surface area (Å²) in [5.74, 6) is -0.213. The molecule has 0 aromatic heterocycles. The Balaban J connectivity index is 2.37. The van der Waals surface area contributed by atoms with E-state index < -0.39 is 0 Å². The van der Waals surface area contributed by atoms with Crippen molar-refractivity contribution < 1.29 is 9.23 Å². The first kappa shape index (κ1) is 9.16. The standard InChI is InChI=1S/C9H12FNO/c1-2-12-11-7-8-3-5-9(10)6-4-8/h3-6,11H,2,7H2,1H3. The molecule has 0 saturated heterocycles. The minimum atomic E-state index is -0.213. The summed E-state index contributed by atoms with van der Waals surface area (Å²) in [6, 6.07) is 6.31. The summed E-state index contributed by atoms with van der Waals surface area (Å²) in [6.45, 7) is 3.13. The van der Waals surface area contributed by atoms with E-state index in [1.165, 1.54) is 12.1 Å². The number of hydroxylamine groups is 1. The van der Waals surface area contributed by atoms with Gasteiger partial charge in [-0.2, -0.15) is 5.48 Å². The molecule has 0 aliphatic rings. The van der Waals surface area contributed by atoms with Crippen molar-refractivity contribution in [3.63, 3.8) is 0 Å². The number of hydrogen-bond acceptors (Lipinski definition) is 2. The Morgan fingerprint density at radius 2 is 2.00 bits per heavy atom. The van der Waals surface area contributed by atoms with Crippen LogP contribution >= 0.6 is 0 Å². The van der Waals surface area contributed by atoms with Gasteiger partial charge in [0.25, 0.3) is 0 Å². The van der Waals surface area contributed by atoms with Crippen LogP contribution in [0.15, 0.2) is 24.3 Å². The summed E-state index contributed by atoms with van der Waals surface area (Å²) < 4.78 is 12.4. The fraction of sp³-hybridized carbons (Fsp3) is 0.333. The average Bonchev–Trinajstić information content (AvgIpc) is 2.09. The number of nitrogens with one attached hydrogen (secondary N) is 1. The summed E-state index contributed by atoms with van der Waals surface area (Å²) in [7, 11) is 0. The third kappa shape index (κ3) is 2.98. The van der Waals surface area contributed by atoms with Crippen molar-refractivity contribution in [2.75, 3.05) is 6.61 Å². The van der Waals surface area contributed by atoms with Gasteiger partial charge in [-0.3, -0.25) is 0 Å². The first-order valence-corrected chi connectivity index (χ1v) is 3.92. The lowest BCUT2D eigenvalue weighted by molar-refractivity contribution is 0.0463. The highest BCUT2D eigenvalue weighted by Crippen LogP contribution is 2.01. The third-order valence-corrected chi connectivity index (χ3v) is 1.44. The molecule has 0 radical (unpaired) electrons. The summed E-state index contributed by atoms with van der Waals surface area (Å²) in [4.78, 5) is 4.92. The van der Waals surface area contributed by atoms with Gasteiger partial charge < -0.3 is 4.84 Å². The van der Waals surface area contributed by atoms with Gasteiger partial charge in [-0.25, -0.2) is 4.39 Å². The van der Waals surface area contributed by atoms with Crippen molar-refractivity contribution in [1.82, 2.24) is 5.48 Å². The van der Waals surface area contributed by atoms with E-state index in [0.717, 1.165) is 5.56 Å². The second-order valence-electron chi connectivity index (χ2n) is 2.38. The molecule has 0 unspecified atom stereocenters. The fourth-order valence-corrected chi connectivity index (χ4v) is 0.839. The SMILES string of the molecule is CCONCc1ccc(F)cc1. The molecular weight excluding hydrogens is 157 g/mol. The zero-order valence-electron chi connectivity index (χ0n) is 7.01. The lowest BCUT2D eigenvalue weighted by Gasteiger charge is -2.02. The van der Waals surface area contributed by atoms with E-state index in [2.05, 4.69) is 5.48 Å². The van der Waals surface area contributed by atoms with Crippen molar-refractivity contribution in [2.24, 2.45) is 0 Å². The Labute approximate surface area is 71.3 Å². The minimum absolute atomic E-state index is 0.213. The molecule has 0 amide bonds. The maximum absolute atomic E-state index is 12.4. The zero-order valence-corrected chi connectivity index (χ0v) is 7.01. The molecule has 0 fully saturated rings. The number of halogens is 1. The summed E-state index contributed by atoms with van der Waals surface area (Å²) >= 11 is 0. The molecule has 1 aromatic carbocycles. The van der Waals surface area contributed by atoms with Gasteiger partial charge in [-0.15, -0.1) is 0 Å². The molecule has 0 aliphatic carbocycles. The van der Waals surface area contributed by atoms with E-state index in [1.54, 1.807) is 12.1 Å². The maximum atomic E-state index is 12.4. The maximum Gasteiger partial charge on any atom is 0.123 e. The lowest BCUT2D eigenvalue weighted by atomic mass is 10.2. The van der Waals surface area contributed by atoms with Gasteiger partial charge in [0.05, 0.1) is 6.61 Å². The Hall–Kier alpha value is -0.930. The summed E-state index contributed by atoms with van der Waals surface area (Å²) in [5.41, 5.74) is 3.75. The van der Waals surface area contributed by atoms with E-state index >= 15 is 0 Å². The van der Waals surface area contributed by atoms with Crippen molar-refractivity contribution in [3.05, 3.63) is 35.6 Å². The third-order valence-electron chi connectivity index (χ3n) is 1.44. The molecule has 2 nitrogen and oxygen atoms in total. The number of hydrogen-bond donors (Lipinski definition) is 1. The number of rotatable bonds is 4. The van der Waals surface area contributed by atoms with Crippen LogP contribution in [0, 0.1) is 5.82 Å². The Bertz CT molecular complexity index is 222. The van der Waals surface area contributed by atoms with Gasteiger partial charge >= 0.3 is 0 Å². The fourth-order valence-electron chi connectivity index (χ4n) is 0.839. The van der Waals surface area contributed by atoms with Crippen LogP contribution in [0.5, 0.6) is 0 Å². The molecule has 0 spiro atoms. The highest BCUT2D eigenvalue weighted by molar-refractivity contribution is 5.15. The molecule has 66 valence electrons. The van der Waals surface area contributed by atoms with Crippen molar-refractivity contribution in [2.45, 2.75) is 13.5 Å². The van der Waals surface area contributed by atoms with Gasteiger partial charge in [-0.1, -0.05) is 12.1 Å². The number of benzene rings is 1. The first-order chi connectivity index (χ1) is 5.83. The molecule has 1 N–H and O–H groups in total. The van der Waals surface area contributed by atoms with Gasteiger partial charge in [0.1, 0.15) is 5.82 Å². The van der Waals surface area contributed by atoms with E-state index in [1.807, 2.05) is 6.92 Å². The molecule has 3 heteroatoms. The van der Waals surface area contributed by atoms with Crippen LogP contribution in [-0.2, 0) is 11.4 Å². The van der Waals surface area contributed by atoms with Crippen LogP contribution in [0.2, 0.25) is 0 Å². The molecule has 1 rings (SSSR count). The van der Waals surface area contributed by atoms with Crippen LogP contribution in [0.4, 0.5) is 4.39 Å². The highest BCUT2D eigenvalue weighted by atomic mass is 19.1. The Kier molecular flexibility index (Phi) is 3.70. The molecule has 0 saturated carbocycles. The van der Waals surface area contributed by atoms with E-state index in [4.69, 9.17) is 4.84 Å². The predicted octanol–water partition coefficient (Wildman–Crippen LogP) is 1.87. The van der Waals surface area contributed by atoms with E-state index in [9.17, 15) is 4.39 Å². The monoisotopic (exact) mass is 169 g/mol. The highest BCUT2D eigenvalue weighted by Gasteiger charge is 1.92. The van der Waals surface area contributed by atoms with Gasteiger partial charge in [0, 0.05) is 6.54 Å². The average molecular weight is 169 g/mol. The molecular formula is C9H12FNO. The predicted molar refractivity (Wildman–Crippen MR) is 44.9 cm³/mol. The minimum Gasteiger partial charge on any atom is -0.302 e. The Morgan fingerprint density at radius 1 is 1.33 bits per heavy atom. The van der Waals surface area contributed by atoms with E-state index in [0.29, 0.717) is 13.2 Å². The van der Waals surface area contributed by atoms with Crippen LogP contribution in [0.1, 0.15) is 12.5 Å². The zero-order chi connectivity index (χ0) is 8.81. The molecule has 0 atom stereocenters. The quantitative estimate of drug-likeness (QED) is 0.548. The second kappa shape index (κ2) is 4.85. The Morgan fingerprint density at radius 3 is 2.58 bits per heavy atom. The normalized spacial score (nSPS) is 10.2. The topological polar surface area (TPSA) is 21.3 Å². The second-order valence-corrected chi connectivity index (χ2v) is 2.38. The van der Waals surface area contributed by atoms with Crippen LogP contribution in [0.25, 0.3) is 0 Å². The van der Waals surface area contributed by atoms with Crippen LogP contribution in [0.3, 0.4) is 0 Å². The smallest absolute Gasteiger partial charge is 0.123 e. The van der Waals surface area contributed by atoms with Crippen LogP contribution in [-0.4, -0.2) is 6.61 Å². The first-order valence-electron chi connectivity index (χ1n) is 3.92. The van der Waals surface area contributed by atoms with Crippen molar-refractivity contribution >= 4 is 0 Å². The van der Waals surface area contributed by atoms with Crippen LogP contribution < -0.4 is 5.48 Å². The molecule has 1 aromatic rings. The molecule has 0 aliphatic heterocycles.